The van der Waals surface area contributed by atoms with Gasteiger partial charge in [-0.05, 0) is 18.3 Å². The smallest absolute Gasteiger partial charge is 0.0151 e. The van der Waals surface area contributed by atoms with Crippen molar-refractivity contribution in [3.05, 3.63) is 0 Å². The lowest BCUT2D eigenvalue weighted by Gasteiger charge is -2.25. The zero-order chi connectivity index (χ0) is 7.33. The predicted octanol–water partition coefficient (Wildman–Crippen LogP) is 1.28. The van der Waals surface area contributed by atoms with Gasteiger partial charge in [0.25, 0.3) is 0 Å². The molecule has 0 aliphatic heterocycles. The van der Waals surface area contributed by atoms with E-state index in [1.807, 2.05) is 0 Å². The van der Waals surface area contributed by atoms with Gasteiger partial charge in [-0.2, -0.15) is 0 Å². The first-order chi connectivity index (χ1) is 4.18. The molecule has 9 heavy (non-hydrogen) atoms. The van der Waals surface area contributed by atoms with Gasteiger partial charge in [-0.3, -0.25) is 11.3 Å². The monoisotopic (exact) mass is 130 g/mol. The van der Waals surface area contributed by atoms with Gasteiger partial charge in [0.1, 0.15) is 0 Å². The maximum absolute atomic E-state index is 5.22. The summed E-state index contributed by atoms with van der Waals surface area (Å²) in [6, 6.07) is 0. The Balaban J connectivity index is 3.62. The molecular weight excluding hydrogens is 112 g/mol. The van der Waals surface area contributed by atoms with Gasteiger partial charge < -0.3 is 0 Å². The quantitative estimate of drug-likeness (QED) is 0.444. The van der Waals surface area contributed by atoms with Crippen LogP contribution < -0.4 is 11.3 Å². The van der Waals surface area contributed by atoms with Crippen molar-refractivity contribution in [2.75, 3.05) is 6.54 Å². The topological polar surface area (TPSA) is 38.0 Å². The third kappa shape index (κ3) is 2.82. The molecule has 0 radical (unpaired) electrons. The van der Waals surface area contributed by atoms with Crippen molar-refractivity contribution in [1.29, 1.82) is 0 Å². The average molecular weight is 130 g/mol. The predicted molar refractivity (Wildman–Crippen MR) is 40.9 cm³/mol. The maximum Gasteiger partial charge on any atom is 0.0151 e. The highest BCUT2D eigenvalue weighted by molar-refractivity contribution is 4.71. The number of rotatable bonds is 4. The molecule has 0 rings (SSSR count). The van der Waals surface area contributed by atoms with Crippen molar-refractivity contribution < 1.29 is 0 Å². The molecule has 0 saturated carbocycles. The Morgan fingerprint density at radius 2 is 1.78 bits per heavy atom. The molecule has 0 bridgehead atoms. The fourth-order valence-corrected chi connectivity index (χ4v) is 0.746. The molecule has 0 aromatic rings. The van der Waals surface area contributed by atoms with Crippen LogP contribution in [0.25, 0.3) is 0 Å². The van der Waals surface area contributed by atoms with Crippen LogP contribution in [0.15, 0.2) is 0 Å². The minimum atomic E-state index is 0.398. The Bertz CT molecular complexity index is 67.3. The zero-order valence-electron chi connectivity index (χ0n) is 6.70. The van der Waals surface area contributed by atoms with Gasteiger partial charge >= 0.3 is 0 Å². The van der Waals surface area contributed by atoms with E-state index < -0.39 is 0 Å². The van der Waals surface area contributed by atoms with Crippen LogP contribution in [0.2, 0.25) is 0 Å². The summed E-state index contributed by atoms with van der Waals surface area (Å²) < 4.78 is 0. The number of nitrogens with two attached hydrogens (primary N) is 1. The average Bonchev–Trinajstić information content (AvgIpc) is 1.89. The van der Waals surface area contributed by atoms with E-state index in [2.05, 4.69) is 26.2 Å². The molecule has 0 aliphatic rings. The molecule has 0 aromatic carbocycles. The number of hydrogen-bond donors (Lipinski definition) is 2. The van der Waals surface area contributed by atoms with E-state index in [4.69, 9.17) is 5.84 Å². The van der Waals surface area contributed by atoms with Crippen LogP contribution in [0.3, 0.4) is 0 Å². The van der Waals surface area contributed by atoms with Gasteiger partial charge in [0.05, 0.1) is 0 Å². The summed E-state index contributed by atoms with van der Waals surface area (Å²) in [7, 11) is 0. The summed E-state index contributed by atoms with van der Waals surface area (Å²) in [5, 5.41) is 0. The Morgan fingerprint density at radius 1 is 1.33 bits per heavy atom. The van der Waals surface area contributed by atoms with Crippen LogP contribution >= 0.6 is 0 Å². The summed E-state index contributed by atoms with van der Waals surface area (Å²) in [4.78, 5) is 0. The molecule has 0 spiro atoms. The first-order valence-corrected chi connectivity index (χ1v) is 3.62. The maximum atomic E-state index is 5.22. The zero-order valence-corrected chi connectivity index (χ0v) is 6.70. The van der Waals surface area contributed by atoms with Crippen molar-refractivity contribution in [2.24, 2.45) is 11.3 Å². The second-order valence-corrected chi connectivity index (χ2v) is 2.90. The molecule has 56 valence electrons. The summed E-state index contributed by atoms with van der Waals surface area (Å²) in [6.07, 6.45) is 2.38. The summed E-state index contributed by atoms with van der Waals surface area (Å²) >= 11 is 0. The SMILES string of the molecule is CCC(C)(CC)CNN. The lowest BCUT2D eigenvalue weighted by Crippen LogP contribution is -2.35. The Hall–Kier alpha value is -0.0800. The highest BCUT2D eigenvalue weighted by atomic mass is 15.2. The molecule has 2 nitrogen and oxygen atoms in total. The lowest BCUT2D eigenvalue weighted by molar-refractivity contribution is 0.283. The highest BCUT2D eigenvalue weighted by Crippen LogP contribution is 2.23. The second-order valence-electron chi connectivity index (χ2n) is 2.90. The molecule has 0 fully saturated rings. The van der Waals surface area contributed by atoms with Crippen LogP contribution in [-0.2, 0) is 0 Å². The molecule has 0 saturated heterocycles. The second kappa shape index (κ2) is 3.85. The van der Waals surface area contributed by atoms with Crippen molar-refractivity contribution in [2.45, 2.75) is 33.6 Å². The molecule has 2 heteroatoms. The van der Waals surface area contributed by atoms with E-state index in [0.29, 0.717) is 5.41 Å². The van der Waals surface area contributed by atoms with Crippen LogP contribution in [0.5, 0.6) is 0 Å². The highest BCUT2D eigenvalue weighted by Gasteiger charge is 2.17. The fourth-order valence-electron chi connectivity index (χ4n) is 0.746. The first-order valence-electron chi connectivity index (χ1n) is 3.62. The molecule has 0 amide bonds. The van der Waals surface area contributed by atoms with Crippen LogP contribution in [-0.4, -0.2) is 6.54 Å². The molecule has 0 heterocycles. The van der Waals surface area contributed by atoms with Gasteiger partial charge in [-0.1, -0.05) is 20.8 Å². The lowest BCUT2D eigenvalue weighted by atomic mass is 9.85. The van der Waals surface area contributed by atoms with Crippen molar-refractivity contribution in [3.8, 4) is 0 Å². The van der Waals surface area contributed by atoms with Gasteiger partial charge in [-0.25, -0.2) is 0 Å². The van der Waals surface area contributed by atoms with Gasteiger partial charge in [0.2, 0.25) is 0 Å². The summed E-state index contributed by atoms with van der Waals surface area (Å²) in [5.74, 6) is 5.22. The largest absolute Gasteiger partial charge is 0.271 e. The Kier molecular flexibility index (Phi) is 3.82. The van der Waals surface area contributed by atoms with E-state index in [-0.39, 0.29) is 0 Å². The third-order valence-corrected chi connectivity index (χ3v) is 2.24. The molecule has 0 aromatic heterocycles. The van der Waals surface area contributed by atoms with E-state index in [1.54, 1.807) is 0 Å². The minimum absolute atomic E-state index is 0.398. The Morgan fingerprint density at radius 3 is 1.89 bits per heavy atom. The minimum Gasteiger partial charge on any atom is -0.271 e. The van der Waals surface area contributed by atoms with E-state index in [9.17, 15) is 0 Å². The van der Waals surface area contributed by atoms with Crippen LogP contribution in [0, 0.1) is 5.41 Å². The first kappa shape index (κ1) is 8.92. The van der Waals surface area contributed by atoms with Gasteiger partial charge in [0, 0.05) is 6.54 Å². The fraction of sp³-hybridized carbons (Fsp3) is 1.00. The summed E-state index contributed by atoms with van der Waals surface area (Å²) in [5.41, 5.74) is 3.11. The van der Waals surface area contributed by atoms with Gasteiger partial charge in [-0.15, -0.1) is 0 Å². The van der Waals surface area contributed by atoms with Crippen molar-refractivity contribution >= 4 is 0 Å². The molecule has 0 atom stereocenters. The standard InChI is InChI=1S/C7H18N2/c1-4-7(3,5-2)6-9-8/h9H,4-6,8H2,1-3H3. The Labute approximate surface area is 57.8 Å². The van der Waals surface area contributed by atoms with E-state index in [1.165, 1.54) is 12.8 Å². The summed E-state index contributed by atoms with van der Waals surface area (Å²) in [6.45, 7) is 7.55. The third-order valence-electron chi connectivity index (χ3n) is 2.24. The van der Waals surface area contributed by atoms with E-state index in [0.717, 1.165) is 6.54 Å². The number of nitrogens with one attached hydrogen (secondary N) is 1. The molecule has 0 unspecified atom stereocenters. The van der Waals surface area contributed by atoms with Crippen LogP contribution in [0.1, 0.15) is 33.6 Å². The number of hydrogen-bond acceptors (Lipinski definition) is 2. The van der Waals surface area contributed by atoms with Crippen LogP contribution in [0.4, 0.5) is 0 Å². The van der Waals surface area contributed by atoms with Crippen molar-refractivity contribution in [3.63, 3.8) is 0 Å². The molecule has 0 aliphatic carbocycles. The molecular formula is C7H18N2. The van der Waals surface area contributed by atoms with Crippen molar-refractivity contribution in [1.82, 2.24) is 5.43 Å². The normalized spacial score (nSPS) is 12.0. The molecule has 3 N–H and O–H groups in total. The van der Waals surface area contributed by atoms with Gasteiger partial charge in [0.15, 0.2) is 0 Å². The number of hydrazine groups is 1. The van der Waals surface area contributed by atoms with E-state index >= 15 is 0 Å².